The minimum absolute atomic E-state index is 0.0203. The standard InChI is InChI=1S/C17H20O4S/c1-17(2,15-9-5-3-6-10-15)21-20-13-14-22(18,19)16-11-7-4-8-12-16/h3-12H,13-14H2,1-2H3. The monoisotopic (exact) mass is 320 g/mol. The van der Waals surface area contributed by atoms with Gasteiger partial charge in [0.25, 0.3) is 0 Å². The summed E-state index contributed by atoms with van der Waals surface area (Å²) in [5, 5.41) is 0. The van der Waals surface area contributed by atoms with Gasteiger partial charge in [0, 0.05) is 0 Å². The Bertz CT molecular complexity index is 679. The van der Waals surface area contributed by atoms with Gasteiger partial charge < -0.3 is 0 Å². The third-order valence-corrected chi connectivity index (χ3v) is 4.97. The van der Waals surface area contributed by atoms with Gasteiger partial charge in [-0.1, -0.05) is 48.5 Å². The Kier molecular flexibility index (Phi) is 5.34. The number of hydrogen-bond donors (Lipinski definition) is 0. The minimum Gasteiger partial charge on any atom is -0.235 e. The fourth-order valence-electron chi connectivity index (χ4n) is 1.97. The van der Waals surface area contributed by atoms with Crippen molar-refractivity contribution in [2.24, 2.45) is 0 Å². The van der Waals surface area contributed by atoms with Crippen molar-refractivity contribution >= 4 is 9.84 Å². The first-order valence-corrected chi connectivity index (χ1v) is 8.71. The molecule has 2 aromatic carbocycles. The van der Waals surface area contributed by atoms with E-state index in [0.717, 1.165) is 5.56 Å². The molecule has 0 aliphatic carbocycles. The summed E-state index contributed by atoms with van der Waals surface area (Å²) in [4.78, 5) is 10.8. The van der Waals surface area contributed by atoms with E-state index in [9.17, 15) is 8.42 Å². The zero-order valence-corrected chi connectivity index (χ0v) is 13.5. The fourth-order valence-corrected chi connectivity index (χ4v) is 3.06. The molecule has 5 heteroatoms. The quantitative estimate of drug-likeness (QED) is 0.446. The second-order valence-electron chi connectivity index (χ2n) is 5.41. The van der Waals surface area contributed by atoms with E-state index in [1.165, 1.54) is 0 Å². The Balaban J connectivity index is 1.87. The maximum atomic E-state index is 12.1. The molecule has 0 saturated carbocycles. The fraction of sp³-hybridized carbons (Fsp3) is 0.294. The number of rotatable bonds is 7. The van der Waals surface area contributed by atoms with Crippen LogP contribution in [0, 0.1) is 0 Å². The van der Waals surface area contributed by atoms with E-state index in [0.29, 0.717) is 4.90 Å². The van der Waals surface area contributed by atoms with Crippen LogP contribution >= 0.6 is 0 Å². The van der Waals surface area contributed by atoms with Gasteiger partial charge in [0.2, 0.25) is 0 Å². The van der Waals surface area contributed by atoms with Gasteiger partial charge in [0.15, 0.2) is 9.84 Å². The van der Waals surface area contributed by atoms with Gasteiger partial charge in [-0.15, -0.1) is 0 Å². The van der Waals surface area contributed by atoms with Gasteiger partial charge in [0.1, 0.15) is 5.60 Å². The summed E-state index contributed by atoms with van der Waals surface area (Å²) in [7, 11) is -3.35. The summed E-state index contributed by atoms with van der Waals surface area (Å²) in [6.45, 7) is 3.72. The summed E-state index contributed by atoms with van der Waals surface area (Å²) >= 11 is 0. The molecule has 118 valence electrons. The lowest BCUT2D eigenvalue weighted by Gasteiger charge is -2.24. The third-order valence-electron chi connectivity index (χ3n) is 3.27. The normalized spacial score (nSPS) is 12.3. The SMILES string of the molecule is CC(C)(OOCCS(=O)(=O)c1ccccc1)c1ccccc1. The molecule has 2 aromatic rings. The maximum absolute atomic E-state index is 12.1. The first kappa shape index (κ1) is 16.7. The molecule has 0 atom stereocenters. The molecular formula is C17H20O4S. The summed E-state index contributed by atoms with van der Waals surface area (Å²) in [5.74, 6) is -0.123. The molecule has 0 amide bonds. The van der Waals surface area contributed by atoms with Crippen molar-refractivity contribution in [1.29, 1.82) is 0 Å². The van der Waals surface area contributed by atoms with Crippen LogP contribution in [0.25, 0.3) is 0 Å². The van der Waals surface area contributed by atoms with E-state index in [-0.39, 0.29) is 12.4 Å². The molecule has 0 unspecified atom stereocenters. The van der Waals surface area contributed by atoms with Gasteiger partial charge in [0.05, 0.1) is 17.3 Å². The van der Waals surface area contributed by atoms with E-state index in [4.69, 9.17) is 9.78 Å². The van der Waals surface area contributed by atoms with Gasteiger partial charge >= 0.3 is 0 Å². The molecule has 0 aromatic heterocycles. The molecular weight excluding hydrogens is 300 g/mol. The summed E-state index contributed by atoms with van der Waals surface area (Å²) in [6.07, 6.45) is 0. The molecule has 0 N–H and O–H groups in total. The van der Waals surface area contributed by atoms with E-state index < -0.39 is 15.4 Å². The van der Waals surface area contributed by atoms with Crippen molar-refractivity contribution in [3.63, 3.8) is 0 Å². The van der Waals surface area contributed by atoms with Crippen molar-refractivity contribution in [1.82, 2.24) is 0 Å². The number of benzene rings is 2. The van der Waals surface area contributed by atoms with Crippen molar-refractivity contribution in [2.75, 3.05) is 12.4 Å². The molecule has 0 aliphatic heterocycles. The maximum Gasteiger partial charge on any atom is 0.180 e. The van der Waals surface area contributed by atoms with Crippen LogP contribution in [-0.2, 0) is 25.2 Å². The minimum atomic E-state index is -3.35. The topological polar surface area (TPSA) is 52.6 Å². The lowest BCUT2D eigenvalue weighted by atomic mass is 9.99. The van der Waals surface area contributed by atoms with Crippen molar-refractivity contribution in [3.05, 3.63) is 66.2 Å². The van der Waals surface area contributed by atoms with E-state index in [2.05, 4.69) is 0 Å². The summed E-state index contributed by atoms with van der Waals surface area (Å²) < 4.78 is 24.2. The first-order chi connectivity index (χ1) is 10.4. The molecule has 0 bridgehead atoms. The predicted octanol–water partition coefficient (Wildman–Crippen LogP) is 3.34. The molecule has 2 rings (SSSR count). The van der Waals surface area contributed by atoms with E-state index in [1.807, 2.05) is 44.2 Å². The Labute approximate surface area is 131 Å². The first-order valence-electron chi connectivity index (χ1n) is 7.06. The van der Waals surface area contributed by atoms with Crippen LogP contribution in [0.4, 0.5) is 0 Å². The largest absolute Gasteiger partial charge is 0.235 e. The molecule has 0 radical (unpaired) electrons. The predicted molar refractivity (Wildman–Crippen MR) is 85.0 cm³/mol. The summed E-state index contributed by atoms with van der Waals surface area (Å²) in [5.41, 5.74) is 0.318. The summed E-state index contributed by atoms with van der Waals surface area (Å²) in [6, 6.07) is 17.9. The van der Waals surface area contributed by atoms with Gasteiger partial charge in [-0.2, -0.15) is 0 Å². The van der Waals surface area contributed by atoms with Crippen LogP contribution in [0.15, 0.2) is 65.6 Å². The highest BCUT2D eigenvalue weighted by atomic mass is 32.2. The molecule has 4 nitrogen and oxygen atoms in total. The van der Waals surface area contributed by atoms with Crippen LogP contribution < -0.4 is 0 Å². The average Bonchev–Trinajstić information content (AvgIpc) is 2.53. The Hall–Kier alpha value is -1.69. The lowest BCUT2D eigenvalue weighted by molar-refractivity contribution is -0.355. The van der Waals surface area contributed by atoms with Crippen LogP contribution in [0.3, 0.4) is 0 Å². The Morgan fingerprint density at radius 3 is 2.05 bits per heavy atom. The van der Waals surface area contributed by atoms with Crippen molar-refractivity contribution in [2.45, 2.75) is 24.3 Å². The number of sulfone groups is 1. The van der Waals surface area contributed by atoms with Gasteiger partial charge in [-0.3, -0.25) is 0 Å². The van der Waals surface area contributed by atoms with Crippen LogP contribution in [0.5, 0.6) is 0 Å². The second kappa shape index (κ2) is 7.05. The second-order valence-corrected chi connectivity index (χ2v) is 7.52. The Morgan fingerprint density at radius 2 is 1.45 bits per heavy atom. The third kappa shape index (κ3) is 4.40. The highest BCUT2D eigenvalue weighted by Gasteiger charge is 2.23. The molecule has 0 heterocycles. The van der Waals surface area contributed by atoms with Crippen LogP contribution in [-0.4, -0.2) is 20.8 Å². The zero-order chi connectivity index (χ0) is 16.1. The Morgan fingerprint density at radius 1 is 0.909 bits per heavy atom. The van der Waals surface area contributed by atoms with Crippen LogP contribution in [0.2, 0.25) is 0 Å². The smallest absolute Gasteiger partial charge is 0.180 e. The molecule has 0 spiro atoms. The molecule has 0 fully saturated rings. The van der Waals surface area contributed by atoms with Gasteiger partial charge in [-0.05, 0) is 31.5 Å². The number of hydrogen-bond acceptors (Lipinski definition) is 4. The zero-order valence-electron chi connectivity index (χ0n) is 12.7. The highest BCUT2D eigenvalue weighted by Crippen LogP contribution is 2.24. The molecule has 0 saturated heterocycles. The molecule has 0 aliphatic rings. The van der Waals surface area contributed by atoms with Crippen LogP contribution in [0.1, 0.15) is 19.4 Å². The van der Waals surface area contributed by atoms with E-state index in [1.54, 1.807) is 30.3 Å². The van der Waals surface area contributed by atoms with Crippen molar-refractivity contribution < 1.29 is 18.2 Å². The average molecular weight is 320 g/mol. The van der Waals surface area contributed by atoms with Gasteiger partial charge in [-0.25, -0.2) is 18.2 Å². The van der Waals surface area contributed by atoms with E-state index >= 15 is 0 Å². The highest BCUT2D eigenvalue weighted by molar-refractivity contribution is 7.91. The molecule has 22 heavy (non-hydrogen) atoms. The lowest BCUT2D eigenvalue weighted by Crippen LogP contribution is -2.23. The van der Waals surface area contributed by atoms with Crippen molar-refractivity contribution in [3.8, 4) is 0 Å².